The van der Waals surface area contributed by atoms with Crippen molar-refractivity contribution in [2.45, 2.75) is 61.7 Å². The quantitative estimate of drug-likeness (QED) is 0.212. The molecule has 16 heteroatoms. The lowest BCUT2D eigenvalue weighted by molar-refractivity contribution is -0.356. The van der Waals surface area contributed by atoms with Gasteiger partial charge in [-0.2, -0.15) is 57.9 Å². The Morgan fingerprint density at radius 3 is 1.17 bits per heavy atom. The van der Waals surface area contributed by atoms with Crippen molar-refractivity contribution in [1.82, 2.24) is 0 Å². The number of thioether (sulfide) groups is 1. The van der Waals surface area contributed by atoms with Gasteiger partial charge in [0.25, 0.3) is 11.3 Å². The first-order valence-corrected chi connectivity index (χ1v) is 8.28. The van der Waals surface area contributed by atoms with Gasteiger partial charge in [-0.15, -0.1) is 0 Å². The molecule has 0 saturated carbocycles. The standard InChI is InChI=1S/C13H11F14NS/c14-8(10(16,17)18,11(19,20)21)4-7(2-1-3-29-6-28)5-9(15,12(22,23)24)13(25,26)27/h7H,1-5H2. The van der Waals surface area contributed by atoms with Crippen molar-refractivity contribution >= 4 is 11.8 Å². The van der Waals surface area contributed by atoms with Crippen LogP contribution in [0, 0.1) is 16.6 Å². The highest BCUT2D eigenvalue weighted by Crippen LogP contribution is 2.54. The zero-order chi connectivity index (χ0) is 23.5. The van der Waals surface area contributed by atoms with Crippen LogP contribution in [-0.2, 0) is 0 Å². The summed E-state index contributed by atoms with van der Waals surface area (Å²) >= 11 is 0.337. The fraction of sp³-hybridized carbons (Fsp3) is 0.923. The summed E-state index contributed by atoms with van der Waals surface area (Å²) in [6.45, 7) is 0. The first-order chi connectivity index (χ1) is 12.6. The fourth-order valence-corrected chi connectivity index (χ4v) is 2.75. The number of thiocyanates is 1. The number of halogens is 14. The highest BCUT2D eigenvalue weighted by Gasteiger charge is 2.75. The normalized spacial score (nSPS) is 15.0. The van der Waals surface area contributed by atoms with Crippen LogP contribution in [0.2, 0.25) is 0 Å². The molecule has 0 fully saturated rings. The molecule has 0 amide bonds. The molecule has 0 bridgehead atoms. The highest BCUT2D eigenvalue weighted by atomic mass is 32.2. The third-order valence-corrected chi connectivity index (χ3v) is 4.48. The average Bonchev–Trinajstić information content (AvgIpc) is 2.46. The van der Waals surface area contributed by atoms with Crippen LogP contribution in [0.3, 0.4) is 0 Å². The van der Waals surface area contributed by atoms with Gasteiger partial charge < -0.3 is 0 Å². The molecular formula is C13H11F14NS. The number of alkyl halides is 14. The molecule has 0 spiro atoms. The van der Waals surface area contributed by atoms with Crippen LogP contribution < -0.4 is 0 Å². The van der Waals surface area contributed by atoms with Gasteiger partial charge in [-0.1, -0.05) is 0 Å². The van der Waals surface area contributed by atoms with E-state index >= 15 is 0 Å². The Morgan fingerprint density at radius 1 is 0.621 bits per heavy atom. The van der Waals surface area contributed by atoms with E-state index in [4.69, 9.17) is 5.26 Å². The molecule has 0 atom stereocenters. The third-order valence-electron chi connectivity index (χ3n) is 3.86. The fourth-order valence-electron chi connectivity index (χ4n) is 2.35. The third kappa shape index (κ3) is 6.42. The van der Waals surface area contributed by atoms with E-state index in [1.165, 1.54) is 5.40 Å². The van der Waals surface area contributed by atoms with Crippen LogP contribution in [0.1, 0.15) is 25.7 Å². The predicted octanol–water partition coefficient (Wildman–Crippen LogP) is 7.04. The molecule has 0 saturated heterocycles. The van der Waals surface area contributed by atoms with E-state index in [0.717, 1.165) is 0 Å². The van der Waals surface area contributed by atoms with Crippen molar-refractivity contribution in [3.8, 4) is 5.40 Å². The number of hydrogen-bond acceptors (Lipinski definition) is 2. The summed E-state index contributed by atoms with van der Waals surface area (Å²) in [5, 5.41) is 9.61. The maximum atomic E-state index is 13.8. The molecule has 0 heterocycles. The molecule has 0 aromatic heterocycles. The van der Waals surface area contributed by atoms with Crippen LogP contribution in [0.15, 0.2) is 0 Å². The van der Waals surface area contributed by atoms with Crippen LogP contribution in [0.5, 0.6) is 0 Å². The molecule has 29 heavy (non-hydrogen) atoms. The van der Waals surface area contributed by atoms with E-state index in [1.807, 2.05) is 0 Å². The zero-order valence-electron chi connectivity index (χ0n) is 13.8. The van der Waals surface area contributed by atoms with Crippen LogP contribution in [0.4, 0.5) is 61.5 Å². The number of nitrogens with zero attached hydrogens (tertiary/aromatic N) is 1. The summed E-state index contributed by atoms with van der Waals surface area (Å²) in [4.78, 5) is 0. The number of nitriles is 1. The summed E-state index contributed by atoms with van der Waals surface area (Å²) in [5.41, 5.74) is -12.3. The molecule has 0 aromatic carbocycles. The van der Waals surface area contributed by atoms with Gasteiger partial charge in [-0.25, -0.2) is 8.78 Å². The van der Waals surface area contributed by atoms with Crippen LogP contribution >= 0.6 is 11.8 Å². The minimum absolute atomic E-state index is 0.337. The summed E-state index contributed by atoms with van der Waals surface area (Å²) in [6.07, 6.45) is -34.7. The summed E-state index contributed by atoms with van der Waals surface area (Å²) in [5.74, 6) is -3.38. The van der Waals surface area contributed by atoms with E-state index in [2.05, 4.69) is 0 Å². The Kier molecular flexibility index (Phi) is 8.57. The molecular weight excluding hydrogens is 468 g/mol. The van der Waals surface area contributed by atoms with Gasteiger partial charge in [0.2, 0.25) is 0 Å². The molecule has 0 aliphatic carbocycles. The second kappa shape index (κ2) is 8.93. The number of hydrogen-bond donors (Lipinski definition) is 0. The van der Waals surface area contributed by atoms with Crippen molar-refractivity contribution in [1.29, 1.82) is 5.26 Å². The molecule has 0 radical (unpaired) electrons. The van der Waals surface area contributed by atoms with Crippen molar-refractivity contribution in [3.05, 3.63) is 0 Å². The Balaban J connectivity index is 6.08. The minimum atomic E-state index is -6.74. The van der Waals surface area contributed by atoms with Gasteiger partial charge in [0.05, 0.1) is 0 Å². The Morgan fingerprint density at radius 2 is 0.931 bits per heavy atom. The first kappa shape index (κ1) is 27.9. The second-order valence-electron chi connectivity index (χ2n) is 5.95. The van der Waals surface area contributed by atoms with Crippen molar-refractivity contribution < 1.29 is 61.5 Å². The van der Waals surface area contributed by atoms with Gasteiger partial charge >= 0.3 is 24.7 Å². The summed E-state index contributed by atoms with van der Waals surface area (Å²) in [6, 6.07) is 0. The lowest BCUT2D eigenvalue weighted by Gasteiger charge is -2.37. The smallest absolute Gasteiger partial charge is 0.224 e. The SMILES string of the molecule is N#CSCCCC(CC(F)(C(F)(F)F)C(F)(F)F)CC(F)(C(F)(F)F)C(F)(F)F. The molecule has 0 aliphatic heterocycles. The van der Waals surface area contributed by atoms with Crippen LogP contribution in [-0.4, -0.2) is 41.8 Å². The molecule has 0 rings (SSSR count). The Labute approximate surface area is 158 Å². The summed E-state index contributed by atoms with van der Waals surface area (Å²) < 4.78 is 179. The Hall–Kier alpha value is -1.14. The van der Waals surface area contributed by atoms with Gasteiger partial charge in [-0.05, 0) is 30.5 Å². The van der Waals surface area contributed by atoms with Crippen LogP contribution in [0.25, 0.3) is 0 Å². The largest absolute Gasteiger partial charge is 0.431 e. The van der Waals surface area contributed by atoms with Gasteiger partial charge in [-0.3, -0.25) is 0 Å². The van der Waals surface area contributed by atoms with Crippen molar-refractivity contribution in [2.24, 2.45) is 5.92 Å². The lowest BCUT2D eigenvalue weighted by atomic mass is 9.80. The predicted molar refractivity (Wildman–Crippen MR) is 71.9 cm³/mol. The lowest BCUT2D eigenvalue weighted by Crippen LogP contribution is -2.57. The monoisotopic (exact) mass is 479 g/mol. The Bertz CT molecular complexity index is 499. The van der Waals surface area contributed by atoms with Gasteiger partial charge in [0, 0.05) is 18.6 Å². The maximum absolute atomic E-state index is 13.8. The topological polar surface area (TPSA) is 23.8 Å². The van der Waals surface area contributed by atoms with E-state index in [0.29, 0.717) is 11.8 Å². The molecule has 172 valence electrons. The van der Waals surface area contributed by atoms with E-state index < -0.39 is 73.4 Å². The second-order valence-corrected chi connectivity index (χ2v) is 6.83. The number of rotatable bonds is 8. The summed E-state index contributed by atoms with van der Waals surface area (Å²) in [7, 11) is 0. The van der Waals surface area contributed by atoms with E-state index in [9.17, 15) is 61.5 Å². The van der Waals surface area contributed by atoms with Crippen molar-refractivity contribution in [2.75, 3.05) is 5.75 Å². The van der Waals surface area contributed by atoms with Gasteiger partial charge in [0.15, 0.2) is 0 Å². The molecule has 0 aliphatic rings. The first-order valence-electron chi connectivity index (χ1n) is 7.29. The molecule has 0 N–H and O–H groups in total. The van der Waals surface area contributed by atoms with Crippen molar-refractivity contribution in [3.63, 3.8) is 0 Å². The maximum Gasteiger partial charge on any atom is 0.431 e. The highest BCUT2D eigenvalue weighted by molar-refractivity contribution is 8.03. The molecule has 1 nitrogen and oxygen atoms in total. The molecule has 0 unspecified atom stereocenters. The molecule has 0 aromatic rings. The zero-order valence-corrected chi connectivity index (χ0v) is 14.6. The van der Waals surface area contributed by atoms with E-state index in [1.54, 1.807) is 0 Å². The average molecular weight is 479 g/mol. The van der Waals surface area contributed by atoms with Gasteiger partial charge in [0.1, 0.15) is 5.40 Å². The van der Waals surface area contributed by atoms with E-state index in [-0.39, 0.29) is 0 Å². The minimum Gasteiger partial charge on any atom is -0.224 e.